The number of ether oxygens (including phenoxy) is 1. The Hall–Kier alpha value is -2.24. The molecule has 114 valence electrons. The van der Waals surface area contributed by atoms with Crippen LogP contribution in [0.3, 0.4) is 0 Å². The lowest BCUT2D eigenvalue weighted by molar-refractivity contribution is -0.133. The molecule has 4 N–H and O–H groups in total. The van der Waals surface area contributed by atoms with Crippen molar-refractivity contribution in [3.63, 3.8) is 0 Å². The van der Waals surface area contributed by atoms with Gasteiger partial charge in [0.2, 0.25) is 5.91 Å². The average Bonchev–Trinajstić information content (AvgIpc) is 2.48. The predicted octanol–water partition coefficient (Wildman–Crippen LogP) is 1.34. The first kappa shape index (κ1) is 15.2. The molecule has 0 atom stereocenters. The van der Waals surface area contributed by atoms with Gasteiger partial charge in [-0.2, -0.15) is 0 Å². The van der Waals surface area contributed by atoms with E-state index < -0.39 is 5.41 Å². The van der Waals surface area contributed by atoms with Crippen molar-refractivity contribution in [1.29, 1.82) is 0 Å². The minimum atomic E-state index is -0.860. The van der Waals surface area contributed by atoms with E-state index in [-0.39, 0.29) is 11.7 Å². The number of amides is 1. The van der Waals surface area contributed by atoms with Gasteiger partial charge in [0.25, 0.3) is 0 Å². The van der Waals surface area contributed by atoms with Crippen molar-refractivity contribution in [2.24, 2.45) is 22.2 Å². The number of oxime groups is 1. The third-order valence-corrected chi connectivity index (χ3v) is 3.83. The molecular formula is C15H21N3O3. The third kappa shape index (κ3) is 3.26. The lowest BCUT2D eigenvalue weighted by Gasteiger charge is -2.43. The van der Waals surface area contributed by atoms with Gasteiger partial charge in [-0.1, -0.05) is 30.3 Å². The number of nitrogens with zero attached hydrogens (tertiary/aromatic N) is 1. The molecule has 1 aliphatic carbocycles. The molecule has 0 bridgehead atoms. The number of benzene rings is 1. The molecule has 0 unspecified atom stereocenters. The van der Waals surface area contributed by atoms with Crippen LogP contribution in [0.2, 0.25) is 0 Å². The Morgan fingerprint density at radius 3 is 2.71 bits per heavy atom. The highest BCUT2D eigenvalue weighted by atomic mass is 16.5. The molecule has 1 aromatic rings. The highest BCUT2D eigenvalue weighted by Gasteiger charge is 2.52. The monoisotopic (exact) mass is 291 g/mol. The lowest BCUT2D eigenvalue weighted by Crippen LogP contribution is -2.57. The SMILES string of the molecule is CC1CC(C(=O)NCCOc2ccccc2)(/C(N)=N/O)C1. The molecule has 1 aromatic carbocycles. The van der Waals surface area contributed by atoms with Gasteiger partial charge in [-0.25, -0.2) is 0 Å². The van der Waals surface area contributed by atoms with E-state index in [4.69, 9.17) is 15.7 Å². The van der Waals surface area contributed by atoms with E-state index in [1.165, 1.54) is 0 Å². The van der Waals surface area contributed by atoms with E-state index in [9.17, 15) is 4.79 Å². The second-order valence-corrected chi connectivity index (χ2v) is 5.50. The minimum Gasteiger partial charge on any atom is -0.492 e. The van der Waals surface area contributed by atoms with Crippen LogP contribution < -0.4 is 15.8 Å². The molecule has 1 fully saturated rings. The number of nitrogens with one attached hydrogen (secondary N) is 1. The number of hydrogen-bond donors (Lipinski definition) is 3. The zero-order valence-corrected chi connectivity index (χ0v) is 12.1. The Kier molecular flexibility index (Phi) is 4.67. The topological polar surface area (TPSA) is 96.9 Å². The van der Waals surface area contributed by atoms with Gasteiger partial charge in [0.05, 0.1) is 6.54 Å². The fourth-order valence-corrected chi connectivity index (χ4v) is 2.76. The zero-order valence-electron chi connectivity index (χ0n) is 12.1. The summed E-state index contributed by atoms with van der Waals surface area (Å²) in [5, 5.41) is 14.7. The Labute approximate surface area is 124 Å². The number of carbonyl (C=O) groups is 1. The number of hydrogen-bond acceptors (Lipinski definition) is 4. The summed E-state index contributed by atoms with van der Waals surface area (Å²) in [6, 6.07) is 9.39. The number of nitrogens with two attached hydrogens (primary N) is 1. The third-order valence-electron chi connectivity index (χ3n) is 3.83. The van der Waals surface area contributed by atoms with Crippen LogP contribution in [0.15, 0.2) is 35.5 Å². The van der Waals surface area contributed by atoms with Gasteiger partial charge in [-0.05, 0) is 30.9 Å². The minimum absolute atomic E-state index is 0.0120. The quantitative estimate of drug-likeness (QED) is 0.242. The second kappa shape index (κ2) is 6.47. The average molecular weight is 291 g/mol. The summed E-state index contributed by atoms with van der Waals surface area (Å²) in [5.74, 6) is 0.946. The molecule has 6 heteroatoms. The summed E-state index contributed by atoms with van der Waals surface area (Å²) in [7, 11) is 0. The van der Waals surface area contributed by atoms with Crippen molar-refractivity contribution in [3.05, 3.63) is 30.3 Å². The van der Waals surface area contributed by atoms with Gasteiger partial charge in [0.1, 0.15) is 17.8 Å². The van der Waals surface area contributed by atoms with E-state index in [0.29, 0.717) is 31.9 Å². The van der Waals surface area contributed by atoms with Crippen LogP contribution in [0.5, 0.6) is 5.75 Å². The maximum atomic E-state index is 12.3. The molecular weight excluding hydrogens is 270 g/mol. The lowest BCUT2D eigenvalue weighted by atomic mass is 9.61. The first-order valence-corrected chi connectivity index (χ1v) is 7.02. The molecule has 21 heavy (non-hydrogen) atoms. The van der Waals surface area contributed by atoms with Crippen molar-refractivity contribution in [2.75, 3.05) is 13.2 Å². The van der Waals surface area contributed by atoms with Gasteiger partial charge in [-0.15, -0.1) is 0 Å². The molecule has 0 aromatic heterocycles. The molecule has 0 heterocycles. The standard InChI is InChI=1S/C15H21N3O3/c1-11-9-15(10-11,13(16)18-20)14(19)17-7-8-21-12-5-3-2-4-6-12/h2-6,11,20H,7-10H2,1H3,(H2,16,18)(H,17,19). The number of amidine groups is 1. The number of carbonyl (C=O) groups excluding carboxylic acids is 1. The summed E-state index contributed by atoms with van der Waals surface area (Å²) in [5.41, 5.74) is 4.82. The Morgan fingerprint density at radius 1 is 1.48 bits per heavy atom. The molecule has 6 nitrogen and oxygen atoms in total. The van der Waals surface area contributed by atoms with Crippen LogP contribution in [0.1, 0.15) is 19.8 Å². The summed E-state index contributed by atoms with van der Waals surface area (Å²) in [6.07, 6.45) is 1.21. The van der Waals surface area contributed by atoms with Gasteiger partial charge < -0.3 is 21.0 Å². The van der Waals surface area contributed by atoms with Gasteiger partial charge >= 0.3 is 0 Å². The molecule has 0 radical (unpaired) electrons. The number of para-hydroxylation sites is 1. The smallest absolute Gasteiger partial charge is 0.234 e. The van der Waals surface area contributed by atoms with Crippen molar-refractivity contribution in [1.82, 2.24) is 5.32 Å². The van der Waals surface area contributed by atoms with Crippen LogP contribution in [-0.4, -0.2) is 30.1 Å². The van der Waals surface area contributed by atoms with Crippen LogP contribution in [0, 0.1) is 11.3 Å². The van der Waals surface area contributed by atoms with E-state index in [1.807, 2.05) is 37.3 Å². The fraction of sp³-hybridized carbons (Fsp3) is 0.467. The first-order valence-electron chi connectivity index (χ1n) is 7.02. The van der Waals surface area contributed by atoms with Gasteiger partial charge in [-0.3, -0.25) is 4.79 Å². The summed E-state index contributed by atoms with van der Waals surface area (Å²) < 4.78 is 5.50. The second-order valence-electron chi connectivity index (χ2n) is 5.50. The molecule has 0 aliphatic heterocycles. The number of rotatable bonds is 6. The molecule has 0 saturated heterocycles. The molecule has 2 rings (SSSR count). The van der Waals surface area contributed by atoms with Gasteiger partial charge in [0, 0.05) is 0 Å². The van der Waals surface area contributed by atoms with Crippen LogP contribution in [0.25, 0.3) is 0 Å². The van der Waals surface area contributed by atoms with Crippen LogP contribution in [-0.2, 0) is 4.79 Å². The Morgan fingerprint density at radius 2 is 2.14 bits per heavy atom. The highest BCUT2D eigenvalue weighted by molar-refractivity contribution is 6.07. The van der Waals surface area contributed by atoms with Crippen molar-refractivity contribution >= 4 is 11.7 Å². The summed E-state index contributed by atoms with van der Waals surface area (Å²) in [6.45, 7) is 2.79. The van der Waals surface area contributed by atoms with Crippen molar-refractivity contribution in [3.8, 4) is 5.75 Å². The van der Waals surface area contributed by atoms with E-state index in [2.05, 4.69) is 10.5 Å². The molecule has 1 aliphatic rings. The van der Waals surface area contributed by atoms with Crippen LogP contribution >= 0.6 is 0 Å². The molecule has 1 amide bonds. The molecule has 1 saturated carbocycles. The maximum Gasteiger partial charge on any atom is 0.234 e. The summed E-state index contributed by atoms with van der Waals surface area (Å²) >= 11 is 0. The van der Waals surface area contributed by atoms with Gasteiger partial charge in [0.15, 0.2) is 5.84 Å². The largest absolute Gasteiger partial charge is 0.492 e. The Balaban J connectivity index is 1.81. The maximum absolute atomic E-state index is 12.3. The predicted molar refractivity (Wildman–Crippen MR) is 79.2 cm³/mol. The van der Waals surface area contributed by atoms with E-state index in [0.717, 1.165) is 5.75 Å². The fourth-order valence-electron chi connectivity index (χ4n) is 2.76. The van der Waals surface area contributed by atoms with E-state index >= 15 is 0 Å². The summed E-state index contributed by atoms with van der Waals surface area (Å²) in [4.78, 5) is 12.3. The normalized spacial score (nSPS) is 25.0. The van der Waals surface area contributed by atoms with Crippen LogP contribution in [0.4, 0.5) is 0 Å². The highest BCUT2D eigenvalue weighted by Crippen LogP contribution is 2.45. The zero-order chi connectivity index (χ0) is 15.3. The first-order chi connectivity index (χ1) is 10.1. The van der Waals surface area contributed by atoms with E-state index in [1.54, 1.807) is 0 Å². The van der Waals surface area contributed by atoms with Crippen molar-refractivity contribution < 1.29 is 14.7 Å². The Bertz CT molecular complexity index is 510. The molecule has 0 spiro atoms. The van der Waals surface area contributed by atoms with Crippen molar-refractivity contribution in [2.45, 2.75) is 19.8 Å².